The van der Waals surface area contributed by atoms with Crippen molar-refractivity contribution >= 4 is 28.9 Å². The summed E-state index contributed by atoms with van der Waals surface area (Å²) in [6.07, 6.45) is 0.834. The predicted molar refractivity (Wildman–Crippen MR) is 112 cm³/mol. The molecule has 0 heterocycles. The molecule has 0 saturated heterocycles. The van der Waals surface area contributed by atoms with Crippen LogP contribution in [0.3, 0.4) is 0 Å². The maximum absolute atomic E-state index is 12.0. The average Bonchev–Trinajstić information content (AvgIpc) is 2.68. The largest absolute Gasteiger partial charge is 0.484 e. The van der Waals surface area contributed by atoms with E-state index in [1.165, 1.54) is 5.56 Å². The summed E-state index contributed by atoms with van der Waals surface area (Å²) in [4.78, 5) is 12.0. The van der Waals surface area contributed by atoms with Crippen molar-refractivity contribution in [3.05, 3.63) is 96.1 Å². The third kappa shape index (κ3) is 6.24. The molecule has 136 valence electrons. The molecule has 4 nitrogen and oxygen atoms in total. The third-order valence-corrected chi connectivity index (χ3v) is 4.01. The lowest BCUT2D eigenvalue weighted by Crippen LogP contribution is -2.37. The van der Waals surface area contributed by atoms with E-state index in [0.717, 1.165) is 17.7 Å². The van der Waals surface area contributed by atoms with Crippen LogP contribution in [-0.2, 0) is 11.2 Å². The van der Waals surface area contributed by atoms with Gasteiger partial charge in [0.15, 0.2) is 11.7 Å². The predicted octanol–water partition coefficient (Wildman–Crippen LogP) is 4.17. The Morgan fingerprint density at radius 2 is 1.52 bits per heavy atom. The van der Waals surface area contributed by atoms with Crippen LogP contribution in [0.15, 0.2) is 84.9 Å². The van der Waals surface area contributed by atoms with Crippen molar-refractivity contribution in [3.63, 3.8) is 0 Å². The Bertz CT molecular complexity index is 898. The zero-order valence-corrected chi connectivity index (χ0v) is 15.5. The minimum Gasteiger partial charge on any atom is -0.484 e. The van der Waals surface area contributed by atoms with E-state index >= 15 is 0 Å². The summed E-state index contributed by atoms with van der Waals surface area (Å²) >= 11 is 5.22. The van der Waals surface area contributed by atoms with Gasteiger partial charge in [-0.25, -0.2) is 0 Å². The van der Waals surface area contributed by atoms with Gasteiger partial charge >= 0.3 is 0 Å². The first kappa shape index (κ1) is 18.6. The molecule has 0 bridgehead atoms. The van der Waals surface area contributed by atoms with Crippen LogP contribution in [0.5, 0.6) is 5.75 Å². The molecule has 2 N–H and O–H groups in total. The number of nitrogens with one attached hydrogen (secondary N) is 2. The summed E-state index contributed by atoms with van der Waals surface area (Å²) in [5, 5.41) is 5.91. The second-order valence-electron chi connectivity index (χ2n) is 5.97. The first-order valence-corrected chi connectivity index (χ1v) is 9.01. The van der Waals surface area contributed by atoms with E-state index in [2.05, 4.69) is 28.8 Å². The highest BCUT2D eigenvalue weighted by molar-refractivity contribution is 7.80. The summed E-state index contributed by atoms with van der Waals surface area (Å²) in [6.45, 7) is -0.0973. The van der Waals surface area contributed by atoms with E-state index < -0.39 is 0 Å². The van der Waals surface area contributed by atoms with Crippen LogP contribution < -0.4 is 15.4 Å². The maximum atomic E-state index is 12.0. The molecule has 0 spiro atoms. The van der Waals surface area contributed by atoms with Crippen molar-refractivity contribution in [2.24, 2.45) is 0 Å². The molecule has 0 atom stereocenters. The first-order chi connectivity index (χ1) is 13.2. The molecule has 3 aromatic rings. The lowest BCUT2D eigenvalue weighted by atomic mass is 10.0. The lowest BCUT2D eigenvalue weighted by molar-refractivity contribution is -0.121. The van der Waals surface area contributed by atoms with Gasteiger partial charge in [0.1, 0.15) is 5.75 Å². The smallest absolute Gasteiger partial charge is 0.264 e. The molecular weight excluding hydrogens is 356 g/mol. The molecule has 0 unspecified atom stereocenters. The van der Waals surface area contributed by atoms with Crippen LogP contribution in [0.2, 0.25) is 0 Å². The van der Waals surface area contributed by atoms with Crippen LogP contribution in [0.1, 0.15) is 11.1 Å². The molecule has 0 aliphatic carbocycles. The van der Waals surface area contributed by atoms with Gasteiger partial charge in [-0.05, 0) is 54.0 Å². The number of ether oxygens (including phenoxy) is 1. The van der Waals surface area contributed by atoms with Crippen molar-refractivity contribution in [2.45, 2.75) is 6.42 Å². The number of rotatable bonds is 6. The van der Waals surface area contributed by atoms with Crippen molar-refractivity contribution in [1.82, 2.24) is 5.32 Å². The number of para-hydroxylation sites is 1. The molecular formula is C22H20N2O2S. The Kier molecular flexibility index (Phi) is 6.55. The van der Waals surface area contributed by atoms with Gasteiger partial charge in [-0.3, -0.25) is 10.1 Å². The van der Waals surface area contributed by atoms with E-state index in [1.54, 1.807) is 12.1 Å². The fourth-order valence-electron chi connectivity index (χ4n) is 2.58. The molecule has 0 aliphatic rings. The van der Waals surface area contributed by atoms with Gasteiger partial charge in [-0.1, -0.05) is 60.7 Å². The van der Waals surface area contributed by atoms with Gasteiger partial charge in [0.2, 0.25) is 0 Å². The van der Waals surface area contributed by atoms with E-state index in [0.29, 0.717) is 5.75 Å². The van der Waals surface area contributed by atoms with Gasteiger partial charge < -0.3 is 10.1 Å². The molecule has 0 radical (unpaired) electrons. The van der Waals surface area contributed by atoms with Crippen molar-refractivity contribution in [3.8, 4) is 5.75 Å². The SMILES string of the molecule is O=C(COc1ccccc1)NC(=S)Nc1cccc(Cc2ccccc2)c1. The second kappa shape index (κ2) is 9.50. The minimum atomic E-state index is -0.309. The Morgan fingerprint density at radius 1 is 0.852 bits per heavy atom. The quantitative estimate of drug-likeness (QED) is 0.634. The summed E-state index contributed by atoms with van der Waals surface area (Å²) in [7, 11) is 0. The number of anilines is 1. The van der Waals surface area contributed by atoms with Crippen LogP contribution in [-0.4, -0.2) is 17.6 Å². The van der Waals surface area contributed by atoms with E-state index in [-0.39, 0.29) is 17.6 Å². The molecule has 3 aromatic carbocycles. The number of amides is 1. The second-order valence-corrected chi connectivity index (χ2v) is 6.38. The number of carbonyl (C=O) groups is 1. The van der Waals surface area contributed by atoms with Gasteiger partial charge in [0.05, 0.1) is 0 Å². The van der Waals surface area contributed by atoms with Crippen molar-refractivity contribution in [2.75, 3.05) is 11.9 Å². The molecule has 27 heavy (non-hydrogen) atoms. The zero-order chi connectivity index (χ0) is 18.9. The molecule has 0 fully saturated rings. The highest BCUT2D eigenvalue weighted by Gasteiger charge is 2.06. The van der Waals surface area contributed by atoms with E-state index in [1.807, 2.05) is 54.6 Å². The Hall–Kier alpha value is -3.18. The molecule has 3 rings (SSSR count). The lowest BCUT2D eigenvalue weighted by Gasteiger charge is -2.11. The Labute approximate surface area is 164 Å². The maximum Gasteiger partial charge on any atom is 0.264 e. The summed E-state index contributed by atoms with van der Waals surface area (Å²) < 4.78 is 5.40. The Balaban J connectivity index is 1.50. The topological polar surface area (TPSA) is 50.4 Å². The number of hydrogen-bond donors (Lipinski definition) is 2. The third-order valence-electron chi connectivity index (χ3n) is 3.80. The zero-order valence-electron chi connectivity index (χ0n) is 14.7. The molecule has 0 aromatic heterocycles. The van der Waals surface area contributed by atoms with Crippen molar-refractivity contribution < 1.29 is 9.53 Å². The number of thiocarbonyl (C=S) groups is 1. The monoisotopic (exact) mass is 376 g/mol. The summed E-state index contributed by atoms with van der Waals surface area (Å²) in [5.41, 5.74) is 3.23. The number of carbonyl (C=O) groups excluding carboxylic acids is 1. The highest BCUT2D eigenvalue weighted by Crippen LogP contribution is 2.14. The average molecular weight is 376 g/mol. The van der Waals surface area contributed by atoms with Crippen molar-refractivity contribution in [1.29, 1.82) is 0 Å². The van der Waals surface area contributed by atoms with Crippen LogP contribution in [0.4, 0.5) is 5.69 Å². The standard InChI is InChI=1S/C22H20N2O2S/c25-21(16-26-20-12-5-2-6-13-20)24-22(27)23-19-11-7-10-18(15-19)14-17-8-3-1-4-9-17/h1-13,15H,14,16H2,(H2,23,24,25,27). The van der Waals surface area contributed by atoms with Gasteiger partial charge in [0, 0.05) is 5.69 Å². The molecule has 5 heteroatoms. The van der Waals surface area contributed by atoms with Gasteiger partial charge in [-0.2, -0.15) is 0 Å². The molecule has 1 amide bonds. The number of benzene rings is 3. The van der Waals surface area contributed by atoms with Crippen LogP contribution in [0, 0.1) is 0 Å². The summed E-state index contributed by atoms with van der Waals surface area (Å²) in [5.74, 6) is 0.330. The fraction of sp³-hybridized carbons (Fsp3) is 0.0909. The number of hydrogen-bond acceptors (Lipinski definition) is 3. The normalized spacial score (nSPS) is 10.1. The van der Waals surface area contributed by atoms with E-state index in [4.69, 9.17) is 17.0 Å². The van der Waals surface area contributed by atoms with Crippen LogP contribution >= 0.6 is 12.2 Å². The highest BCUT2D eigenvalue weighted by atomic mass is 32.1. The minimum absolute atomic E-state index is 0.0973. The Morgan fingerprint density at radius 3 is 2.26 bits per heavy atom. The first-order valence-electron chi connectivity index (χ1n) is 8.60. The molecule has 0 saturated carbocycles. The fourth-order valence-corrected chi connectivity index (χ4v) is 2.81. The van der Waals surface area contributed by atoms with Gasteiger partial charge in [0.25, 0.3) is 5.91 Å². The van der Waals surface area contributed by atoms with E-state index in [9.17, 15) is 4.79 Å². The van der Waals surface area contributed by atoms with Gasteiger partial charge in [-0.15, -0.1) is 0 Å². The summed E-state index contributed by atoms with van der Waals surface area (Å²) in [6, 6.07) is 27.4. The van der Waals surface area contributed by atoms with Crippen LogP contribution in [0.25, 0.3) is 0 Å². The molecule has 0 aliphatic heterocycles.